The monoisotopic (exact) mass is 285 g/mol. The number of ether oxygens (including phenoxy) is 1. The Morgan fingerprint density at radius 2 is 1.90 bits per heavy atom. The summed E-state index contributed by atoms with van der Waals surface area (Å²) in [5, 5.41) is 9.10. The van der Waals surface area contributed by atoms with Crippen molar-refractivity contribution in [1.82, 2.24) is 4.90 Å². The number of carboxylic acid groups (broad SMARTS) is 1. The van der Waals surface area contributed by atoms with E-state index in [4.69, 9.17) is 9.84 Å². The topological polar surface area (TPSA) is 66.8 Å². The first-order valence-electron chi connectivity index (χ1n) is 7.44. The fourth-order valence-electron chi connectivity index (χ4n) is 3.35. The minimum absolute atomic E-state index is 0.0285. The van der Waals surface area contributed by atoms with Gasteiger partial charge in [0.2, 0.25) is 5.91 Å². The van der Waals surface area contributed by atoms with Crippen molar-refractivity contribution in [2.24, 2.45) is 5.41 Å². The SMILES string of the molecule is CCN(C(=O)CC1(CC(=O)O)CCCC1)C(C)COC. The van der Waals surface area contributed by atoms with E-state index in [1.165, 1.54) is 0 Å². The van der Waals surface area contributed by atoms with Crippen LogP contribution in [-0.4, -0.2) is 48.2 Å². The lowest BCUT2D eigenvalue weighted by Gasteiger charge is -2.33. The van der Waals surface area contributed by atoms with Crippen molar-refractivity contribution < 1.29 is 19.4 Å². The molecule has 0 radical (unpaired) electrons. The lowest BCUT2D eigenvalue weighted by Crippen LogP contribution is -2.43. The Kier molecular flexibility index (Phi) is 6.46. The minimum atomic E-state index is -0.798. The standard InChI is InChI=1S/C15H27NO4/c1-4-16(12(2)11-20-3)13(17)9-15(10-14(18)19)7-5-6-8-15/h12H,4-11H2,1-3H3,(H,18,19). The number of aliphatic carboxylic acids is 1. The average molecular weight is 285 g/mol. The summed E-state index contributed by atoms with van der Waals surface area (Å²) >= 11 is 0. The zero-order chi connectivity index (χ0) is 15.2. The summed E-state index contributed by atoms with van der Waals surface area (Å²) in [6.07, 6.45) is 4.21. The lowest BCUT2D eigenvalue weighted by molar-refractivity contribution is -0.142. The van der Waals surface area contributed by atoms with Crippen LogP contribution in [-0.2, 0) is 14.3 Å². The summed E-state index contributed by atoms with van der Waals surface area (Å²) in [7, 11) is 1.62. The van der Waals surface area contributed by atoms with Gasteiger partial charge in [0.05, 0.1) is 19.1 Å². The molecule has 0 bridgehead atoms. The van der Waals surface area contributed by atoms with E-state index in [1.54, 1.807) is 12.0 Å². The number of hydrogen-bond donors (Lipinski definition) is 1. The Morgan fingerprint density at radius 1 is 1.30 bits per heavy atom. The van der Waals surface area contributed by atoms with Crippen LogP contribution < -0.4 is 0 Å². The van der Waals surface area contributed by atoms with Crippen molar-refractivity contribution in [2.45, 2.75) is 58.4 Å². The smallest absolute Gasteiger partial charge is 0.303 e. The Hall–Kier alpha value is -1.10. The second-order valence-electron chi connectivity index (χ2n) is 5.94. The van der Waals surface area contributed by atoms with Crippen LogP contribution in [0.25, 0.3) is 0 Å². The molecule has 1 N–H and O–H groups in total. The summed E-state index contributed by atoms with van der Waals surface area (Å²) in [5.74, 6) is -0.743. The molecule has 116 valence electrons. The second kappa shape index (κ2) is 7.62. The predicted octanol–water partition coefficient (Wildman–Crippen LogP) is 2.29. The van der Waals surface area contributed by atoms with Crippen molar-refractivity contribution in [2.75, 3.05) is 20.3 Å². The predicted molar refractivity (Wildman–Crippen MR) is 76.5 cm³/mol. The highest BCUT2D eigenvalue weighted by atomic mass is 16.5. The van der Waals surface area contributed by atoms with Gasteiger partial charge in [-0.15, -0.1) is 0 Å². The van der Waals surface area contributed by atoms with Crippen molar-refractivity contribution in [1.29, 1.82) is 0 Å². The van der Waals surface area contributed by atoms with Gasteiger partial charge in [-0.2, -0.15) is 0 Å². The minimum Gasteiger partial charge on any atom is -0.481 e. The number of carbonyl (C=O) groups is 2. The summed E-state index contributed by atoms with van der Waals surface area (Å²) in [6, 6.07) is 0.0285. The molecule has 1 amide bonds. The van der Waals surface area contributed by atoms with Gasteiger partial charge < -0.3 is 14.7 Å². The molecule has 1 aliphatic carbocycles. The largest absolute Gasteiger partial charge is 0.481 e. The quantitative estimate of drug-likeness (QED) is 0.743. The van der Waals surface area contributed by atoms with Gasteiger partial charge >= 0.3 is 5.97 Å². The van der Waals surface area contributed by atoms with E-state index in [0.29, 0.717) is 19.6 Å². The first-order valence-corrected chi connectivity index (χ1v) is 7.44. The molecule has 5 heteroatoms. The van der Waals surface area contributed by atoms with Gasteiger partial charge in [0.25, 0.3) is 0 Å². The van der Waals surface area contributed by atoms with Crippen LogP contribution in [0.5, 0.6) is 0 Å². The van der Waals surface area contributed by atoms with Crippen LogP contribution in [0.4, 0.5) is 0 Å². The fraction of sp³-hybridized carbons (Fsp3) is 0.867. The van der Waals surface area contributed by atoms with E-state index in [1.807, 2.05) is 13.8 Å². The summed E-state index contributed by atoms with van der Waals surface area (Å²) in [4.78, 5) is 25.4. The van der Waals surface area contributed by atoms with Gasteiger partial charge in [-0.05, 0) is 32.1 Å². The Labute approximate surface area is 121 Å². The zero-order valence-corrected chi connectivity index (χ0v) is 12.9. The third-order valence-electron chi connectivity index (χ3n) is 4.32. The van der Waals surface area contributed by atoms with Crippen LogP contribution in [0, 0.1) is 5.41 Å². The zero-order valence-electron chi connectivity index (χ0n) is 12.9. The molecule has 1 unspecified atom stereocenters. The average Bonchev–Trinajstić information content (AvgIpc) is 2.77. The van der Waals surface area contributed by atoms with Crippen LogP contribution in [0.15, 0.2) is 0 Å². The van der Waals surface area contributed by atoms with E-state index >= 15 is 0 Å². The van der Waals surface area contributed by atoms with Gasteiger partial charge in [-0.1, -0.05) is 12.8 Å². The van der Waals surface area contributed by atoms with Gasteiger partial charge in [0.1, 0.15) is 0 Å². The Bertz CT molecular complexity index is 337. The molecule has 20 heavy (non-hydrogen) atoms. The molecular formula is C15H27NO4. The first-order chi connectivity index (χ1) is 9.44. The molecule has 0 saturated heterocycles. The molecule has 1 saturated carbocycles. The summed E-state index contributed by atoms with van der Waals surface area (Å²) in [6.45, 7) is 5.05. The van der Waals surface area contributed by atoms with E-state index in [2.05, 4.69) is 0 Å². The van der Waals surface area contributed by atoms with E-state index in [0.717, 1.165) is 25.7 Å². The molecule has 5 nitrogen and oxygen atoms in total. The number of nitrogens with zero attached hydrogens (tertiary/aromatic N) is 1. The van der Waals surface area contributed by atoms with E-state index < -0.39 is 5.97 Å². The molecule has 0 spiro atoms. The second-order valence-corrected chi connectivity index (χ2v) is 5.94. The van der Waals surface area contributed by atoms with Gasteiger partial charge in [0, 0.05) is 20.1 Å². The number of carbonyl (C=O) groups excluding carboxylic acids is 1. The lowest BCUT2D eigenvalue weighted by atomic mass is 9.79. The summed E-state index contributed by atoms with van der Waals surface area (Å²) < 4.78 is 5.11. The van der Waals surface area contributed by atoms with E-state index in [-0.39, 0.29) is 23.8 Å². The highest BCUT2D eigenvalue weighted by molar-refractivity contribution is 5.78. The van der Waals surface area contributed by atoms with Gasteiger partial charge in [0.15, 0.2) is 0 Å². The summed E-state index contributed by atoms with van der Waals surface area (Å²) in [5.41, 5.74) is -0.330. The first kappa shape index (κ1) is 17.0. The molecule has 0 aromatic heterocycles. The van der Waals surface area contributed by atoms with Crippen molar-refractivity contribution in [3.63, 3.8) is 0 Å². The van der Waals surface area contributed by atoms with Crippen molar-refractivity contribution in [3.8, 4) is 0 Å². The fourth-order valence-corrected chi connectivity index (χ4v) is 3.35. The number of amides is 1. The third-order valence-corrected chi connectivity index (χ3v) is 4.32. The van der Waals surface area contributed by atoms with E-state index in [9.17, 15) is 9.59 Å². The highest BCUT2D eigenvalue weighted by Crippen LogP contribution is 2.44. The number of hydrogen-bond acceptors (Lipinski definition) is 3. The highest BCUT2D eigenvalue weighted by Gasteiger charge is 2.39. The Balaban J connectivity index is 2.71. The molecule has 1 atom stereocenters. The third kappa shape index (κ3) is 4.47. The molecule has 1 fully saturated rings. The van der Waals surface area contributed by atoms with Gasteiger partial charge in [-0.25, -0.2) is 0 Å². The maximum absolute atomic E-state index is 12.5. The molecule has 0 heterocycles. The number of carboxylic acids is 1. The molecule has 1 aliphatic rings. The molecular weight excluding hydrogens is 258 g/mol. The Morgan fingerprint density at radius 3 is 2.35 bits per heavy atom. The van der Waals surface area contributed by atoms with Crippen LogP contribution in [0.3, 0.4) is 0 Å². The van der Waals surface area contributed by atoms with Crippen LogP contribution in [0.1, 0.15) is 52.4 Å². The maximum atomic E-state index is 12.5. The van der Waals surface area contributed by atoms with Crippen molar-refractivity contribution >= 4 is 11.9 Å². The number of methoxy groups -OCH3 is 1. The molecule has 0 aromatic rings. The maximum Gasteiger partial charge on any atom is 0.303 e. The van der Waals surface area contributed by atoms with Crippen LogP contribution in [0.2, 0.25) is 0 Å². The van der Waals surface area contributed by atoms with Gasteiger partial charge in [-0.3, -0.25) is 9.59 Å². The molecule has 0 aliphatic heterocycles. The number of rotatable bonds is 8. The van der Waals surface area contributed by atoms with Crippen molar-refractivity contribution in [3.05, 3.63) is 0 Å². The normalized spacial score (nSPS) is 18.8. The number of likely N-dealkylation sites (N-methyl/N-ethyl adjacent to an activating group) is 1. The molecule has 1 rings (SSSR count). The molecule has 0 aromatic carbocycles. The van der Waals surface area contributed by atoms with Crippen LogP contribution >= 0.6 is 0 Å².